The van der Waals surface area contributed by atoms with E-state index in [-0.39, 0.29) is 18.1 Å². The van der Waals surface area contributed by atoms with Crippen LogP contribution in [0.15, 0.2) is 67.0 Å². The lowest BCUT2D eigenvalue weighted by atomic mass is 9.91. The molecule has 2 N–H and O–H groups in total. The summed E-state index contributed by atoms with van der Waals surface area (Å²) in [7, 11) is 0. The molecule has 0 radical (unpaired) electrons. The molecular weight excluding hydrogens is 440 g/mol. The second-order valence-electron chi connectivity index (χ2n) is 8.75. The van der Waals surface area contributed by atoms with E-state index >= 15 is 0 Å². The number of likely N-dealkylation sites (N-methyl/N-ethyl adjacent to an activating group) is 1. The number of carbonyl (C=O) groups excluding carboxylic acids is 1. The van der Waals surface area contributed by atoms with Crippen LogP contribution in [0.2, 0.25) is 0 Å². The van der Waals surface area contributed by atoms with Crippen LogP contribution in [0.1, 0.15) is 48.9 Å². The van der Waals surface area contributed by atoms with Crippen LogP contribution < -0.4 is 10.6 Å². The molecule has 5 rings (SSSR count). The predicted octanol–water partition coefficient (Wildman–Crippen LogP) is 4.19. The minimum Gasteiger partial charge on any atom is -0.367 e. The summed E-state index contributed by atoms with van der Waals surface area (Å²) in [5.74, 6) is 1.43. The maximum absolute atomic E-state index is 12.2. The molecule has 0 aliphatic carbocycles. The van der Waals surface area contributed by atoms with Gasteiger partial charge in [0.1, 0.15) is 18.2 Å². The Hall–Kier alpha value is -3.78. The average Bonchev–Trinajstić information content (AvgIpc) is 3.53. The summed E-state index contributed by atoms with van der Waals surface area (Å²) in [4.78, 5) is 26.2. The first-order valence-electron chi connectivity index (χ1n) is 12.1. The molecule has 2 unspecified atom stereocenters. The van der Waals surface area contributed by atoms with Gasteiger partial charge in [-0.25, -0.2) is 15.0 Å². The number of carbonyl (C=O) groups is 1. The second-order valence-corrected chi connectivity index (χ2v) is 8.75. The number of hydrogen-bond acceptors (Lipinski definition) is 6. The zero-order valence-electron chi connectivity index (χ0n) is 20.0. The van der Waals surface area contributed by atoms with Gasteiger partial charge in [0.25, 0.3) is 0 Å². The lowest BCUT2D eigenvalue weighted by Crippen LogP contribution is -2.34. The van der Waals surface area contributed by atoms with Crippen LogP contribution in [0.25, 0.3) is 11.2 Å². The minimum atomic E-state index is -0.449. The molecule has 1 aliphatic heterocycles. The monoisotopic (exact) mass is 470 g/mol. The maximum atomic E-state index is 12.2. The normalized spacial score (nSPS) is 17.7. The zero-order chi connectivity index (χ0) is 24.2. The van der Waals surface area contributed by atoms with Crippen LogP contribution in [0, 0.1) is 6.92 Å². The molecule has 8 heteroatoms. The lowest BCUT2D eigenvalue weighted by molar-refractivity contribution is -0.133. The number of aromatic nitrogens is 4. The van der Waals surface area contributed by atoms with Gasteiger partial charge in [-0.1, -0.05) is 60.7 Å². The van der Waals surface area contributed by atoms with Gasteiger partial charge in [-0.15, -0.1) is 0 Å². The van der Waals surface area contributed by atoms with E-state index in [1.165, 1.54) is 11.1 Å². The summed E-state index contributed by atoms with van der Waals surface area (Å²) in [5, 5.41) is 6.38. The van der Waals surface area contributed by atoms with Crippen molar-refractivity contribution in [2.75, 3.05) is 18.4 Å². The van der Waals surface area contributed by atoms with Crippen LogP contribution in [-0.4, -0.2) is 44.6 Å². The highest BCUT2D eigenvalue weighted by Gasteiger charge is 2.32. The van der Waals surface area contributed by atoms with Gasteiger partial charge in [0.05, 0.1) is 6.33 Å². The zero-order valence-corrected chi connectivity index (χ0v) is 20.0. The Morgan fingerprint density at radius 3 is 2.40 bits per heavy atom. The molecule has 2 aromatic carbocycles. The van der Waals surface area contributed by atoms with Crippen molar-refractivity contribution >= 4 is 22.9 Å². The third-order valence-corrected chi connectivity index (χ3v) is 6.36. The maximum Gasteiger partial charge on any atom is 0.249 e. The highest BCUT2D eigenvalue weighted by molar-refractivity contribution is 5.83. The number of nitrogens with one attached hydrogen (secondary N) is 2. The number of rotatable bonds is 8. The summed E-state index contributed by atoms with van der Waals surface area (Å²) in [6.07, 6.45) is 2.40. The van der Waals surface area contributed by atoms with Crippen molar-refractivity contribution in [3.05, 3.63) is 83.9 Å². The van der Waals surface area contributed by atoms with Gasteiger partial charge in [0.2, 0.25) is 5.91 Å². The molecular formula is C27H30N6O2. The van der Waals surface area contributed by atoms with Gasteiger partial charge in [-0.05, 0) is 37.8 Å². The SMILES string of the molecule is CCNC(=O)C1CCC(n2cnc3c(NCC(c4ccccc4)c4ccccc4)nc(C)nc32)O1. The van der Waals surface area contributed by atoms with Crippen LogP contribution in [0.3, 0.4) is 0 Å². The van der Waals surface area contributed by atoms with E-state index in [4.69, 9.17) is 4.74 Å². The molecule has 2 atom stereocenters. The predicted molar refractivity (Wildman–Crippen MR) is 135 cm³/mol. The average molecular weight is 471 g/mol. The molecule has 0 bridgehead atoms. The van der Waals surface area contributed by atoms with Crippen molar-refractivity contribution in [2.24, 2.45) is 0 Å². The number of benzene rings is 2. The van der Waals surface area contributed by atoms with Crippen molar-refractivity contribution in [1.29, 1.82) is 0 Å². The lowest BCUT2D eigenvalue weighted by Gasteiger charge is -2.19. The summed E-state index contributed by atoms with van der Waals surface area (Å²) < 4.78 is 7.97. The first-order chi connectivity index (χ1) is 17.1. The van der Waals surface area contributed by atoms with E-state index in [0.717, 1.165) is 6.42 Å². The second kappa shape index (κ2) is 10.2. The van der Waals surface area contributed by atoms with Crippen LogP contribution in [0.5, 0.6) is 0 Å². The molecule has 1 saturated heterocycles. The Kier molecular flexibility index (Phi) is 6.72. The van der Waals surface area contributed by atoms with Crippen LogP contribution >= 0.6 is 0 Å². The van der Waals surface area contributed by atoms with Gasteiger partial charge in [0, 0.05) is 19.0 Å². The topological polar surface area (TPSA) is 94.0 Å². The molecule has 180 valence electrons. The van der Waals surface area contributed by atoms with Crippen molar-refractivity contribution in [3.8, 4) is 0 Å². The number of imidazole rings is 1. The highest BCUT2D eigenvalue weighted by atomic mass is 16.5. The summed E-state index contributed by atoms with van der Waals surface area (Å²) in [5.41, 5.74) is 3.86. The molecule has 1 amide bonds. The quantitative estimate of drug-likeness (QED) is 0.401. The molecule has 4 aromatic rings. The van der Waals surface area contributed by atoms with E-state index in [9.17, 15) is 4.79 Å². The standard InChI is InChI=1S/C27H30N6O2/c1-3-28-27(34)22-14-15-23(35-22)33-17-30-24-25(31-18(2)32-26(24)33)29-16-21(19-10-6-4-7-11-19)20-12-8-5-9-13-20/h4-13,17,21-23H,3,14-16H2,1-2H3,(H,28,34)(H,29,31,32). The van der Waals surface area contributed by atoms with Crippen molar-refractivity contribution in [2.45, 2.75) is 44.9 Å². The van der Waals surface area contributed by atoms with Crippen molar-refractivity contribution in [3.63, 3.8) is 0 Å². The van der Waals surface area contributed by atoms with Crippen molar-refractivity contribution < 1.29 is 9.53 Å². The number of anilines is 1. The molecule has 8 nitrogen and oxygen atoms in total. The number of hydrogen-bond donors (Lipinski definition) is 2. The Bertz CT molecular complexity index is 1250. The first kappa shape index (κ1) is 23.0. The molecule has 1 aliphatic rings. The van der Waals surface area contributed by atoms with E-state index in [1.54, 1.807) is 6.33 Å². The Morgan fingerprint density at radius 2 is 1.74 bits per heavy atom. The molecule has 0 spiro atoms. The minimum absolute atomic E-state index is 0.0690. The smallest absolute Gasteiger partial charge is 0.249 e. The first-order valence-corrected chi connectivity index (χ1v) is 12.1. The Balaban J connectivity index is 1.40. The number of aryl methyl sites for hydroxylation is 1. The fourth-order valence-corrected chi connectivity index (χ4v) is 4.66. The van der Waals surface area contributed by atoms with E-state index in [0.29, 0.717) is 42.3 Å². The number of nitrogens with zero attached hydrogens (tertiary/aromatic N) is 4. The molecule has 3 heterocycles. The van der Waals surface area contributed by atoms with Gasteiger partial charge in [-0.3, -0.25) is 9.36 Å². The summed E-state index contributed by atoms with van der Waals surface area (Å²) in [6.45, 7) is 5.03. The van der Waals surface area contributed by atoms with Crippen LogP contribution in [0.4, 0.5) is 5.82 Å². The molecule has 0 saturated carbocycles. The summed E-state index contributed by atoms with van der Waals surface area (Å²) >= 11 is 0. The third-order valence-electron chi connectivity index (χ3n) is 6.36. The van der Waals surface area contributed by atoms with Gasteiger partial charge in [0.15, 0.2) is 17.0 Å². The van der Waals surface area contributed by atoms with E-state index in [1.807, 2.05) is 30.5 Å². The van der Waals surface area contributed by atoms with E-state index < -0.39 is 6.10 Å². The fraction of sp³-hybridized carbons (Fsp3) is 0.333. The fourth-order valence-electron chi connectivity index (χ4n) is 4.66. The third kappa shape index (κ3) is 4.88. The van der Waals surface area contributed by atoms with Gasteiger partial charge in [-0.2, -0.15) is 0 Å². The van der Waals surface area contributed by atoms with Gasteiger partial charge < -0.3 is 15.4 Å². The molecule has 1 fully saturated rings. The van der Waals surface area contributed by atoms with Crippen LogP contribution in [-0.2, 0) is 9.53 Å². The largest absolute Gasteiger partial charge is 0.367 e. The molecule has 2 aromatic heterocycles. The number of ether oxygens (including phenoxy) is 1. The number of fused-ring (bicyclic) bond motifs is 1. The highest BCUT2D eigenvalue weighted by Crippen LogP contribution is 2.32. The van der Waals surface area contributed by atoms with E-state index in [2.05, 4.69) is 74.1 Å². The number of amides is 1. The van der Waals surface area contributed by atoms with Gasteiger partial charge >= 0.3 is 0 Å². The Labute approximate surface area is 204 Å². The molecule has 35 heavy (non-hydrogen) atoms. The van der Waals surface area contributed by atoms with Crippen molar-refractivity contribution in [1.82, 2.24) is 24.8 Å². The summed E-state index contributed by atoms with van der Waals surface area (Å²) in [6, 6.07) is 20.9. The Morgan fingerprint density at radius 1 is 1.06 bits per heavy atom.